The fraction of sp³-hybridized carbons (Fsp3) is 1.00. The van der Waals surface area contributed by atoms with E-state index in [-0.39, 0.29) is 0 Å². The van der Waals surface area contributed by atoms with Crippen LogP contribution < -0.4 is 5.32 Å². The SMILES string of the molecule is CC(C)CC(NC1CCCSC1)C(C)(C)C. The van der Waals surface area contributed by atoms with Gasteiger partial charge in [0.25, 0.3) is 0 Å². The van der Waals surface area contributed by atoms with E-state index >= 15 is 0 Å². The summed E-state index contributed by atoms with van der Waals surface area (Å²) in [5.74, 6) is 3.46. The highest BCUT2D eigenvalue weighted by atomic mass is 32.2. The van der Waals surface area contributed by atoms with Gasteiger partial charge in [0.2, 0.25) is 0 Å². The number of hydrogen-bond donors (Lipinski definition) is 1. The normalized spacial score (nSPS) is 24.8. The standard InChI is InChI=1S/C14H29NS/c1-11(2)9-13(14(3,4)5)15-12-7-6-8-16-10-12/h11-13,15H,6-10H2,1-5H3. The third kappa shape index (κ3) is 5.09. The predicted octanol–water partition coefficient (Wildman–Crippen LogP) is 3.93. The Kier molecular flexibility index (Phi) is 5.66. The summed E-state index contributed by atoms with van der Waals surface area (Å²) in [6.45, 7) is 11.8. The topological polar surface area (TPSA) is 12.0 Å². The van der Waals surface area contributed by atoms with Gasteiger partial charge < -0.3 is 5.32 Å². The summed E-state index contributed by atoms with van der Waals surface area (Å²) in [4.78, 5) is 0. The molecular formula is C14H29NS. The molecule has 1 fully saturated rings. The molecule has 1 heterocycles. The van der Waals surface area contributed by atoms with Gasteiger partial charge in [-0.25, -0.2) is 0 Å². The smallest absolute Gasteiger partial charge is 0.0161 e. The highest BCUT2D eigenvalue weighted by Gasteiger charge is 2.28. The Morgan fingerprint density at radius 3 is 2.44 bits per heavy atom. The van der Waals surface area contributed by atoms with E-state index in [4.69, 9.17) is 0 Å². The van der Waals surface area contributed by atoms with Crippen LogP contribution in [-0.2, 0) is 0 Å². The predicted molar refractivity (Wildman–Crippen MR) is 76.2 cm³/mol. The summed E-state index contributed by atoms with van der Waals surface area (Å²) in [5.41, 5.74) is 0.381. The molecule has 1 aliphatic rings. The molecule has 0 aromatic carbocycles. The average Bonchev–Trinajstić information content (AvgIpc) is 2.16. The molecule has 0 amide bonds. The van der Waals surface area contributed by atoms with Gasteiger partial charge >= 0.3 is 0 Å². The van der Waals surface area contributed by atoms with Crippen molar-refractivity contribution in [3.8, 4) is 0 Å². The van der Waals surface area contributed by atoms with Crippen molar-refractivity contribution in [1.29, 1.82) is 0 Å². The molecule has 1 N–H and O–H groups in total. The van der Waals surface area contributed by atoms with Crippen molar-refractivity contribution in [3.05, 3.63) is 0 Å². The van der Waals surface area contributed by atoms with Gasteiger partial charge in [-0.05, 0) is 36.3 Å². The Bertz CT molecular complexity index is 189. The van der Waals surface area contributed by atoms with Crippen LogP contribution in [0.25, 0.3) is 0 Å². The quantitative estimate of drug-likeness (QED) is 0.803. The molecule has 1 saturated heterocycles. The molecule has 2 atom stereocenters. The molecule has 96 valence electrons. The van der Waals surface area contributed by atoms with Gasteiger partial charge in [-0.15, -0.1) is 0 Å². The second kappa shape index (κ2) is 6.30. The van der Waals surface area contributed by atoms with Crippen molar-refractivity contribution in [2.75, 3.05) is 11.5 Å². The molecule has 0 bridgehead atoms. The van der Waals surface area contributed by atoms with E-state index in [9.17, 15) is 0 Å². The molecule has 0 saturated carbocycles. The second-order valence-electron chi connectivity index (χ2n) is 6.63. The van der Waals surface area contributed by atoms with Crippen LogP contribution in [0.4, 0.5) is 0 Å². The van der Waals surface area contributed by atoms with Gasteiger partial charge in [0.1, 0.15) is 0 Å². The third-order valence-corrected chi connectivity index (χ3v) is 4.57. The Labute approximate surface area is 106 Å². The Morgan fingerprint density at radius 1 is 1.31 bits per heavy atom. The van der Waals surface area contributed by atoms with Crippen LogP contribution in [0.5, 0.6) is 0 Å². The zero-order valence-corrected chi connectivity index (χ0v) is 12.5. The molecule has 2 heteroatoms. The maximum atomic E-state index is 3.91. The zero-order chi connectivity index (χ0) is 12.2. The van der Waals surface area contributed by atoms with Crippen LogP contribution in [0.2, 0.25) is 0 Å². The molecule has 0 aromatic rings. The Morgan fingerprint density at radius 2 is 2.00 bits per heavy atom. The summed E-state index contributed by atoms with van der Waals surface area (Å²) < 4.78 is 0. The maximum absolute atomic E-state index is 3.91. The van der Waals surface area contributed by atoms with E-state index in [0.29, 0.717) is 11.5 Å². The van der Waals surface area contributed by atoms with Crippen molar-refractivity contribution in [3.63, 3.8) is 0 Å². The van der Waals surface area contributed by atoms with Crippen molar-refractivity contribution in [2.24, 2.45) is 11.3 Å². The molecule has 0 aromatic heterocycles. The summed E-state index contributed by atoms with van der Waals surface area (Å²) >= 11 is 2.11. The monoisotopic (exact) mass is 243 g/mol. The Hall–Kier alpha value is 0.310. The minimum absolute atomic E-state index is 0.381. The highest BCUT2D eigenvalue weighted by molar-refractivity contribution is 7.99. The van der Waals surface area contributed by atoms with Crippen LogP contribution >= 0.6 is 11.8 Å². The number of nitrogens with one attached hydrogen (secondary N) is 1. The van der Waals surface area contributed by atoms with E-state index < -0.39 is 0 Å². The number of rotatable bonds is 4. The zero-order valence-electron chi connectivity index (χ0n) is 11.7. The largest absolute Gasteiger partial charge is 0.310 e. The van der Waals surface area contributed by atoms with Crippen molar-refractivity contribution < 1.29 is 0 Å². The fourth-order valence-corrected chi connectivity index (χ4v) is 3.38. The van der Waals surface area contributed by atoms with Crippen LogP contribution in [0.15, 0.2) is 0 Å². The van der Waals surface area contributed by atoms with Gasteiger partial charge in [-0.1, -0.05) is 34.6 Å². The van der Waals surface area contributed by atoms with Crippen LogP contribution in [0, 0.1) is 11.3 Å². The average molecular weight is 243 g/mol. The molecule has 1 nitrogen and oxygen atoms in total. The molecular weight excluding hydrogens is 214 g/mol. The minimum Gasteiger partial charge on any atom is -0.310 e. The summed E-state index contributed by atoms with van der Waals surface area (Å²) in [6, 6.07) is 1.41. The summed E-state index contributed by atoms with van der Waals surface area (Å²) in [7, 11) is 0. The van der Waals surface area contributed by atoms with Gasteiger partial charge in [0.05, 0.1) is 0 Å². The number of thioether (sulfide) groups is 1. The van der Waals surface area contributed by atoms with Crippen LogP contribution in [-0.4, -0.2) is 23.6 Å². The Balaban J connectivity index is 2.48. The lowest BCUT2D eigenvalue weighted by Crippen LogP contribution is -2.48. The molecule has 0 radical (unpaired) electrons. The van der Waals surface area contributed by atoms with Gasteiger partial charge in [0, 0.05) is 17.8 Å². The van der Waals surface area contributed by atoms with Gasteiger partial charge in [-0.3, -0.25) is 0 Å². The molecule has 16 heavy (non-hydrogen) atoms. The first-order valence-electron chi connectivity index (χ1n) is 6.73. The first-order chi connectivity index (χ1) is 7.39. The first kappa shape index (κ1) is 14.4. The van der Waals surface area contributed by atoms with E-state index in [2.05, 4.69) is 51.7 Å². The number of hydrogen-bond acceptors (Lipinski definition) is 2. The lowest BCUT2D eigenvalue weighted by Gasteiger charge is -2.37. The lowest BCUT2D eigenvalue weighted by molar-refractivity contribution is 0.215. The van der Waals surface area contributed by atoms with E-state index in [1.807, 2.05) is 0 Å². The summed E-state index contributed by atoms with van der Waals surface area (Å²) in [6.07, 6.45) is 4.06. The van der Waals surface area contributed by atoms with Crippen molar-refractivity contribution >= 4 is 11.8 Å². The van der Waals surface area contributed by atoms with Crippen LogP contribution in [0.3, 0.4) is 0 Å². The van der Waals surface area contributed by atoms with Crippen LogP contribution in [0.1, 0.15) is 53.9 Å². The molecule has 1 aliphatic heterocycles. The third-order valence-electron chi connectivity index (χ3n) is 3.35. The van der Waals surface area contributed by atoms with Gasteiger partial charge in [0.15, 0.2) is 0 Å². The second-order valence-corrected chi connectivity index (χ2v) is 7.78. The first-order valence-corrected chi connectivity index (χ1v) is 7.89. The molecule has 0 spiro atoms. The summed E-state index contributed by atoms with van der Waals surface area (Å²) in [5, 5.41) is 3.91. The molecule has 0 aliphatic carbocycles. The van der Waals surface area contributed by atoms with E-state index in [0.717, 1.165) is 12.0 Å². The van der Waals surface area contributed by atoms with Crippen molar-refractivity contribution in [1.82, 2.24) is 5.32 Å². The fourth-order valence-electron chi connectivity index (χ4n) is 2.30. The van der Waals surface area contributed by atoms with Crippen molar-refractivity contribution in [2.45, 2.75) is 66.0 Å². The van der Waals surface area contributed by atoms with E-state index in [1.54, 1.807) is 0 Å². The van der Waals surface area contributed by atoms with E-state index in [1.165, 1.54) is 30.8 Å². The maximum Gasteiger partial charge on any atom is 0.0161 e. The molecule has 2 unspecified atom stereocenters. The minimum atomic E-state index is 0.381. The van der Waals surface area contributed by atoms with Gasteiger partial charge in [-0.2, -0.15) is 11.8 Å². The molecule has 1 rings (SSSR count). The lowest BCUT2D eigenvalue weighted by atomic mass is 9.81. The highest BCUT2D eigenvalue weighted by Crippen LogP contribution is 2.27.